The Hall–Kier alpha value is -2.71. The first-order valence-electron chi connectivity index (χ1n) is 7.36. The molecule has 2 N–H and O–H groups in total. The Morgan fingerprint density at radius 2 is 2.00 bits per heavy atom. The van der Waals surface area contributed by atoms with E-state index in [1.165, 1.54) is 0 Å². The van der Waals surface area contributed by atoms with Crippen LogP contribution in [0.25, 0.3) is 0 Å². The van der Waals surface area contributed by atoms with Gasteiger partial charge in [0.1, 0.15) is 12.6 Å². The summed E-state index contributed by atoms with van der Waals surface area (Å²) in [4.78, 5) is 44.9. The van der Waals surface area contributed by atoms with Crippen molar-refractivity contribution >= 4 is 17.6 Å². The fourth-order valence-electron chi connectivity index (χ4n) is 1.98. The van der Waals surface area contributed by atoms with Crippen molar-refractivity contribution in [2.75, 3.05) is 0 Å². The molecule has 1 unspecified atom stereocenters. The Balaban J connectivity index is 2.79. The molecule has 0 aromatic carbocycles. The van der Waals surface area contributed by atoms with Gasteiger partial charge in [0.2, 0.25) is 5.91 Å². The van der Waals surface area contributed by atoms with E-state index < -0.39 is 34.9 Å². The number of carboxylic acid groups (broad SMARTS) is 1. The number of hydrogen-bond donors (Lipinski definition) is 2. The average molecular weight is 339 g/mol. The molecule has 0 bridgehead atoms. The van der Waals surface area contributed by atoms with E-state index in [1.54, 1.807) is 0 Å². The maximum Gasteiger partial charge on any atom is 0.326 e. The maximum absolute atomic E-state index is 12.0. The molecule has 1 rings (SSSR count). The van der Waals surface area contributed by atoms with Crippen LogP contribution in [-0.2, 0) is 16.1 Å². The monoisotopic (exact) mass is 339 g/mol. The Labute approximate surface area is 138 Å². The fourth-order valence-corrected chi connectivity index (χ4v) is 1.98. The fraction of sp³-hybridized carbons (Fsp3) is 0.533. The zero-order chi connectivity index (χ0) is 18.5. The summed E-state index contributed by atoms with van der Waals surface area (Å²) >= 11 is 0. The van der Waals surface area contributed by atoms with Crippen LogP contribution < -0.4 is 10.9 Å². The van der Waals surface area contributed by atoms with Gasteiger partial charge in [0.05, 0.1) is 11.1 Å². The smallest absolute Gasteiger partial charge is 0.326 e. The van der Waals surface area contributed by atoms with Gasteiger partial charge in [0.15, 0.2) is 0 Å². The summed E-state index contributed by atoms with van der Waals surface area (Å²) in [6.45, 7) is 5.38. The summed E-state index contributed by atoms with van der Waals surface area (Å²) in [5, 5.41) is 22.2. The van der Waals surface area contributed by atoms with Crippen LogP contribution in [0.15, 0.2) is 23.1 Å². The summed E-state index contributed by atoms with van der Waals surface area (Å²) < 4.78 is 0.871. The number of aromatic nitrogens is 1. The number of aliphatic carboxylic acids is 1. The minimum atomic E-state index is -1.17. The lowest BCUT2D eigenvalue weighted by Gasteiger charge is -2.21. The SMILES string of the molecule is CC(C)(C)CCC(NC(=O)Cn1cc([N+](=O)[O-])ccc1=O)C(=O)O. The largest absolute Gasteiger partial charge is 0.480 e. The molecule has 0 spiro atoms. The van der Waals surface area contributed by atoms with Crippen molar-refractivity contribution in [3.63, 3.8) is 0 Å². The summed E-state index contributed by atoms with van der Waals surface area (Å²) in [5.41, 5.74) is -1.00. The number of nitrogens with zero attached hydrogens (tertiary/aromatic N) is 2. The number of carbonyl (C=O) groups is 2. The van der Waals surface area contributed by atoms with E-state index in [1.807, 2.05) is 20.8 Å². The molecule has 0 fully saturated rings. The maximum atomic E-state index is 12.0. The molecule has 0 aliphatic heterocycles. The van der Waals surface area contributed by atoms with E-state index >= 15 is 0 Å². The molecule has 0 aliphatic carbocycles. The molecule has 0 radical (unpaired) electrons. The van der Waals surface area contributed by atoms with Crippen LogP contribution in [0.4, 0.5) is 5.69 Å². The van der Waals surface area contributed by atoms with Crippen LogP contribution in [0.5, 0.6) is 0 Å². The van der Waals surface area contributed by atoms with E-state index in [9.17, 15) is 29.6 Å². The number of hydrogen-bond acceptors (Lipinski definition) is 5. The molecule has 0 saturated carbocycles. The third-order valence-electron chi connectivity index (χ3n) is 3.31. The van der Waals surface area contributed by atoms with E-state index in [2.05, 4.69) is 5.32 Å². The van der Waals surface area contributed by atoms with Crippen LogP contribution in [0.3, 0.4) is 0 Å². The zero-order valence-corrected chi connectivity index (χ0v) is 13.8. The van der Waals surface area contributed by atoms with Crippen molar-refractivity contribution in [1.29, 1.82) is 0 Å². The van der Waals surface area contributed by atoms with Gasteiger partial charge in [0.25, 0.3) is 11.2 Å². The first-order chi connectivity index (χ1) is 11.0. The molecule has 1 amide bonds. The molecule has 1 atom stereocenters. The summed E-state index contributed by atoms with van der Waals surface area (Å²) in [7, 11) is 0. The van der Waals surface area contributed by atoms with Crippen molar-refractivity contribution in [3.05, 3.63) is 38.8 Å². The minimum Gasteiger partial charge on any atom is -0.480 e. The minimum absolute atomic E-state index is 0.0879. The highest BCUT2D eigenvalue weighted by Crippen LogP contribution is 2.21. The number of rotatable bonds is 7. The predicted molar refractivity (Wildman–Crippen MR) is 85.6 cm³/mol. The van der Waals surface area contributed by atoms with Gasteiger partial charge in [-0.15, -0.1) is 0 Å². The van der Waals surface area contributed by atoms with E-state index in [-0.39, 0.29) is 17.5 Å². The van der Waals surface area contributed by atoms with Gasteiger partial charge in [0, 0.05) is 12.1 Å². The molecule has 0 aliphatic rings. The second-order valence-corrected chi connectivity index (χ2v) is 6.67. The third kappa shape index (κ3) is 6.19. The lowest BCUT2D eigenvalue weighted by Crippen LogP contribution is -2.43. The van der Waals surface area contributed by atoms with Crippen molar-refractivity contribution in [1.82, 2.24) is 9.88 Å². The van der Waals surface area contributed by atoms with Crippen LogP contribution in [-0.4, -0.2) is 32.5 Å². The van der Waals surface area contributed by atoms with Gasteiger partial charge in [-0.3, -0.25) is 24.3 Å². The second-order valence-electron chi connectivity index (χ2n) is 6.67. The Kier molecular flexibility index (Phi) is 6.21. The lowest BCUT2D eigenvalue weighted by atomic mass is 9.88. The van der Waals surface area contributed by atoms with Gasteiger partial charge >= 0.3 is 5.97 Å². The molecule has 24 heavy (non-hydrogen) atoms. The molecule has 132 valence electrons. The molecular formula is C15H21N3O6. The second kappa shape index (κ2) is 7.71. The van der Waals surface area contributed by atoms with E-state index in [4.69, 9.17) is 0 Å². The van der Waals surface area contributed by atoms with Crippen LogP contribution in [0.1, 0.15) is 33.6 Å². The molecule has 0 saturated heterocycles. The van der Waals surface area contributed by atoms with Gasteiger partial charge < -0.3 is 10.4 Å². The first-order valence-corrected chi connectivity index (χ1v) is 7.36. The molecule has 1 heterocycles. The number of nitro groups is 1. The van der Waals surface area contributed by atoms with Crippen LogP contribution in [0.2, 0.25) is 0 Å². The quantitative estimate of drug-likeness (QED) is 0.566. The zero-order valence-electron chi connectivity index (χ0n) is 13.8. The highest BCUT2D eigenvalue weighted by atomic mass is 16.6. The number of carboxylic acids is 1. The predicted octanol–water partition coefficient (Wildman–Crippen LogP) is 1.15. The molecule has 9 heteroatoms. The molecule has 9 nitrogen and oxygen atoms in total. The van der Waals surface area contributed by atoms with Crippen molar-refractivity contribution in [2.24, 2.45) is 5.41 Å². The van der Waals surface area contributed by atoms with Crippen molar-refractivity contribution < 1.29 is 19.6 Å². The van der Waals surface area contributed by atoms with Crippen LogP contribution in [0, 0.1) is 15.5 Å². The first kappa shape index (κ1) is 19.3. The number of nitrogens with one attached hydrogen (secondary N) is 1. The van der Waals surface area contributed by atoms with E-state index in [0.29, 0.717) is 6.42 Å². The number of pyridine rings is 1. The van der Waals surface area contributed by atoms with Crippen LogP contribution >= 0.6 is 0 Å². The molecular weight excluding hydrogens is 318 g/mol. The Morgan fingerprint density at radius 3 is 2.50 bits per heavy atom. The van der Waals surface area contributed by atoms with Gasteiger partial charge in [-0.2, -0.15) is 0 Å². The normalized spacial score (nSPS) is 12.5. The topological polar surface area (TPSA) is 132 Å². The highest BCUT2D eigenvalue weighted by molar-refractivity contribution is 5.83. The van der Waals surface area contributed by atoms with Gasteiger partial charge in [-0.1, -0.05) is 20.8 Å². The van der Waals surface area contributed by atoms with E-state index in [0.717, 1.165) is 22.9 Å². The van der Waals surface area contributed by atoms with Gasteiger partial charge in [-0.05, 0) is 18.3 Å². The summed E-state index contributed by atoms with van der Waals surface area (Å²) in [6.07, 6.45) is 1.78. The third-order valence-corrected chi connectivity index (χ3v) is 3.31. The standard InChI is InChI=1S/C15H21N3O6/c1-15(2,3)7-6-11(14(21)22)16-12(19)9-17-8-10(18(23)24)4-5-13(17)20/h4-5,8,11H,6-7,9H2,1-3H3,(H,16,19)(H,21,22). The lowest BCUT2D eigenvalue weighted by molar-refractivity contribution is -0.385. The Morgan fingerprint density at radius 1 is 1.38 bits per heavy atom. The molecule has 1 aromatic heterocycles. The van der Waals surface area contributed by atoms with Crippen molar-refractivity contribution in [3.8, 4) is 0 Å². The Bertz CT molecular complexity index is 689. The number of amides is 1. The number of carbonyl (C=O) groups excluding carboxylic acids is 1. The summed E-state index contributed by atoms with van der Waals surface area (Å²) in [5.74, 6) is -1.86. The van der Waals surface area contributed by atoms with Crippen molar-refractivity contribution in [2.45, 2.75) is 46.2 Å². The molecule has 1 aromatic rings. The average Bonchev–Trinajstić information content (AvgIpc) is 2.44. The summed E-state index contributed by atoms with van der Waals surface area (Å²) in [6, 6.07) is 0.950. The van der Waals surface area contributed by atoms with Gasteiger partial charge in [-0.25, -0.2) is 4.79 Å². The highest BCUT2D eigenvalue weighted by Gasteiger charge is 2.23.